The Morgan fingerprint density at radius 2 is 0.918 bits per heavy atom. The molecule has 0 saturated carbocycles. The molecule has 0 aromatic rings. The summed E-state index contributed by atoms with van der Waals surface area (Å²) in [6.07, 6.45) is 54.9. The smallest absolute Gasteiger partial charge is 0.306 e. The number of hydrogen-bond donors (Lipinski definition) is 0. The van der Waals surface area contributed by atoms with E-state index >= 15 is 0 Å². The molecular formula is C53H91NO7. The summed E-state index contributed by atoms with van der Waals surface area (Å²) in [6.45, 7) is 4.54. The van der Waals surface area contributed by atoms with Crippen molar-refractivity contribution in [2.24, 2.45) is 0 Å². The zero-order valence-electron chi connectivity index (χ0n) is 39.8. The van der Waals surface area contributed by atoms with Gasteiger partial charge in [-0.3, -0.25) is 9.59 Å². The fourth-order valence-electron chi connectivity index (χ4n) is 6.86. The molecule has 0 aliphatic heterocycles. The van der Waals surface area contributed by atoms with Crippen LogP contribution in [0.4, 0.5) is 0 Å². The van der Waals surface area contributed by atoms with E-state index in [0.29, 0.717) is 6.42 Å². The molecule has 0 radical (unpaired) electrons. The van der Waals surface area contributed by atoms with Crippen LogP contribution >= 0.6 is 0 Å². The highest BCUT2D eigenvalue weighted by Gasteiger charge is 2.25. The molecule has 0 heterocycles. The monoisotopic (exact) mass is 854 g/mol. The summed E-state index contributed by atoms with van der Waals surface area (Å²) < 4.78 is 17.2. The quantitative estimate of drug-likeness (QED) is 0.0198. The highest BCUT2D eigenvalue weighted by atomic mass is 16.6. The Bertz CT molecular complexity index is 1230. The third-order valence-electron chi connectivity index (χ3n) is 10.7. The predicted octanol–water partition coefficient (Wildman–Crippen LogP) is 12.6. The largest absolute Gasteiger partial charge is 0.544 e. The van der Waals surface area contributed by atoms with Crippen molar-refractivity contribution in [3.05, 3.63) is 72.9 Å². The van der Waals surface area contributed by atoms with E-state index in [-0.39, 0.29) is 49.1 Å². The maximum absolute atomic E-state index is 12.8. The van der Waals surface area contributed by atoms with Crippen LogP contribution in [0.25, 0.3) is 0 Å². The first-order valence-corrected chi connectivity index (χ1v) is 24.5. The number of carbonyl (C=O) groups excluding carboxylic acids is 3. The number of nitrogens with zero attached hydrogens (tertiary/aromatic N) is 1. The molecule has 0 N–H and O–H groups in total. The zero-order chi connectivity index (χ0) is 44.9. The molecule has 61 heavy (non-hydrogen) atoms. The second kappa shape index (κ2) is 43.4. The minimum absolute atomic E-state index is 0.0255. The molecule has 0 aromatic carbocycles. The number of hydrogen-bond acceptors (Lipinski definition) is 7. The van der Waals surface area contributed by atoms with Gasteiger partial charge in [0.1, 0.15) is 12.6 Å². The third-order valence-corrected chi connectivity index (χ3v) is 10.7. The molecular weight excluding hydrogens is 763 g/mol. The zero-order valence-corrected chi connectivity index (χ0v) is 39.8. The van der Waals surface area contributed by atoms with E-state index in [4.69, 9.17) is 14.2 Å². The minimum Gasteiger partial charge on any atom is -0.544 e. The van der Waals surface area contributed by atoms with E-state index in [0.717, 1.165) is 64.2 Å². The number of aliphatic carboxylic acids is 1. The van der Waals surface area contributed by atoms with Gasteiger partial charge in [-0.25, -0.2) is 0 Å². The van der Waals surface area contributed by atoms with Gasteiger partial charge in [-0.05, 0) is 57.8 Å². The maximum Gasteiger partial charge on any atom is 0.306 e. The molecule has 0 saturated heterocycles. The van der Waals surface area contributed by atoms with Crippen molar-refractivity contribution < 1.29 is 38.2 Å². The Morgan fingerprint density at radius 3 is 1.39 bits per heavy atom. The minimum atomic E-state index is -1.13. The van der Waals surface area contributed by atoms with Crippen LogP contribution in [0.15, 0.2) is 72.9 Å². The molecule has 2 atom stereocenters. The van der Waals surface area contributed by atoms with E-state index in [1.54, 1.807) is 21.1 Å². The normalized spacial score (nSPS) is 13.5. The predicted molar refractivity (Wildman–Crippen MR) is 254 cm³/mol. The van der Waals surface area contributed by atoms with Crippen molar-refractivity contribution >= 4 is 17.9 Å². The Morgan fingerprint density at radius 1 is 0.492 bits per heavy atom. The Labute approximate surface area is 374 Å². The highest BCUT2D eigenvalue weighted by Crippen LogP contribution is 2.14. The summed E-state index contributed by atoms with van der Waals surface area (Å²) in [5, 5.41) is 11.7. The van der Waals surface area contributed by atoms with E-state index in [1.807, 2.05) is 36.5 Å². The van der Waals surface area contributed by atoms with Crippen molar-refractivity contribution in [2.45, 2.75) is 206 Å². The third kappa shape index (κ3) is 41.9. The lowest BCUT2D eigenvalue weighted by Gasteiger charge is -2.34. The Hall–Kier alpha value is -3.23. The summed E-state index contributed by atoms with van der Waals surface area (Å²) in [4.78, 5) is 37.0. The van der Waals surface area contributed by atoms with Crippen LogP contribution < -0.4 is 5.11 Å². The molecule has 0 aliphatic rings. The fourth-order valence-corrected chi connectivity index (χ4v) is 6.86. The molecule has 0 fully saturated rings. The molecule has 0 rings (SSSR count). The van der Waals surface area contributed by atoms with Gasteiger partial charge in [-0.2, -0.15) is 0 Å². The first-order chi connectivity index (χ1) is 29.6. The number of quaternary nitrogens is 1. The SMILES string of the molecule is CCC/C=C/C=C/C=C/C=C/C=C/CCCCCCCC(=O)OC(COCCC(C(=O)[O-])[N+](C)(C)C)COC(=O)CCCCCCCCC/C=C/CCCCCCCCCC. The molecule has 0 aromatic heterocycles. The number of carboxylic acid groups (broad SMARTS) is 1. The first-order valence-electron chi connectivity index (χ1n) is 24.5. The van der Waals surface area contributed by atoms with Crippen molar-refractivity contribution in [3.63, 3.8) is 0 Å². The Balaban J connectivity index is 4.35. The van der Waals surface area contributed by atoms with Crippen LogP contribution in [-0.2, 0) is 28.6 Å². The molecule has 8 heteroatoms. The number of likely N-dealkylation sites (N-methyl/N-ethyl adjacent to an activating group) is 1. The van der Waals surface area contributed by atoms with Crippen LogP contribution in [0.1, 0.15) is 194 Å². The summed E-state index contributed by atoms with van der Waals surface area (Å²) in [5.74, 6) is -1.78. The lowest BCUT2D eigenvalue weighted by atomic mass is 10.1. The van der Waals surface area contributed by atoms with Gasteiger partial charge in [0, 0.05) is 19.3 Å². The van der Waals surface area contributed by atoms with Crippen molar-refractivity contribution in [2.75, 3.05) is 41.0 Å². The molecule has 0 aliphatic carbocycles. The number of carbonyl (C=O) groups is 3. The Kier molecular flexibility index (Phi) is 41.1. The van der Waals surface area contributed by atoms with E-state index < -0.39 is 18.1 Å². The highest BCUT2D eigenvalue weighted by molar-refractivity contribution is 5.70. The van der Waals surface area contributed by atoms with Crippen LogP contribution in [0.2, 0.25) is 0 Å². The summed E-state index contributed by atoms with van der Waals surface area (Å²) in [7, 11) is 5.40. The average molecular weight is 854 g/mol. The van der Waals surface area contributed by atoms with Crippen molar-refractivity contribution in [1.29, 1.82) is 0 Å². The number of rotatable bonds is 43. The number of unbranched alkanes of at least 4 members (excludes halogenated alkanes) is 21. The molecule has 8 nitrogen and oxygen atoms in total. The number of carboxylic acids is 1. The molecule has 0 amide bonds. The molecule has 350 valence electrons. The summed E-state index contributed by atoms with van der Waals surface area (Å²) in [6, 6.07) is -0.735. The van der Waals surface area contributed by atoms with Gasteiger partial charge in [-0.1, -0.05) is 189 Å². The summed E-state index contributed by atoms with van der Waals surface area (Å²) >= 11 is 0. The van der Waals surface area contributed by atoms with Crippen molar-refractivity contribution in [3.8, 4) is 0 Å². The van der Waals surface area contributed by atoms with Crippen LogP contribution in [-0.4, -0.2) is 75.5 Å². The molecule has 0 bridgehead atoms. The van der Waals surface area contributed by atoms with Crippen LogP contribution in [0.5, 0.6) is 0 Å². The molecule has 0 spiro atoms. The molecule has 2 unspecified atom stereocenters. The van der Waals surface area contributed by atoms with Gasteiger partial charge in [0.15, 0.2) is 6.10 Å². The maximum atomic E-state index is 12.8. The second-order valence-corrected chi connectivity index (χ2v) is 17.5. The lowest BCUT2D eigenvalue weighted by molar-refractivity contribution is -0.889. The number of allylic oxidation sites excluding steroid dienone is 12. The van der Waals surface area contributed by atoms with Gasteiger partial charge in [-0.15, -0.1) is 0 Å². The summed E-state index contributed by atoms with van der Waals surface area (Å²) in [5.41, 5.74) is 0. The lowest BCUT2D eigenvalue weighted by Crippen LogP contribution is -2.55. The van der Waals surface area contributed by atoms with Crippen LogP contribution in [0.3, 0.4) is 0 Å². The topological polar surface area (TPSA) is 102 Å². The van der Waals surface area contributed by atoms with Gasteiger partial charge < -0.3 is 28.6 Å². The van der Waals surface area contributed by atoms with Gasteiger partial charge in [0.05, 0.1) is 40.3 Å². The van der Waals surface area contributed by atoms with Crippen LogP contribution in [0, 0.1) is 0 Å². The van der Waals surface area contributed by atoms with E-state index in [1.165, 1.54) is 96.3 Å². The van der Waals surface area contributed by atoms with E-state index in [2.05, 4.69) is 50.3 Å². The first kappa shape index (κ1) is 57.8. The number of ether oxygens (including phenoxy) is 3. The van der Waals surface area contributed by atoms with Gasteiger partial charge >= 0.3 is 11.9 Å². The number of esters is 2. The van der Waals surface area contributed by atoms with Gasteiger partial charge in [0.25, 0.3) is 0 Å². The standard InChI is InChI=1S/C53H91NO7/c1-6-8-10-12-14-16-18-20-22-24-26-28-29-31-33-35-37-39-41-43-51(55)60-48-49(47-59-46-45-50(53(57)58)54(3,4)5)61-52(56)44-42-40-38-36-34-32-30-27-25-23-21-19-17-15-13-11-9-7-2/h11,13,15,17,19,21,23-27,30,49-50H,6-10,12,14,16,18,20,22,28-29,31-48H2,1-5H3/b13-11+,17-15+,21-19+,25-23+,26-24+,30-27+. The van der Waals surface area contributed by atoms with Gasteiger partial charge in [0.2, 0.25) is 0 Å². The van der Waals surface area contributed by atoms with Crippen molar-refractivity contribution in [1.82, 2.24) is 0 Å². The average Bonchev–Trinajstić information content (AvgIpc) is 3.22. The van der Waals surface area contributed by atoms with E-state index in [9.17, 15) is 19.5 Å². The second-order valence-electron chi connectivity index (χ2n) is 17.5. The fraction of sp³-hybridized carbons (Fsp3) is 0.717.